The molecule has 0 spiro atoms. The van der Waals surface area contributed by atoms with Gasteiger partial charge in [-0.2, -0.15) is 0 Å². The lowest BCUT2D eigenvalue weighted by Crippen LogP contribution is -2.71. The summed E-state index contributed by atoms with van der Waals surface area (Å²) in [6.45, 7) is 8.79. The van der Waals surface area contributed by atoms with Crippen molar-refractivity contribution in [2.45, 2.75) is 90.4 Å². The molecule has 1 heterocycles. The van der Waals surface area contributed by atoms with Crippen LogP contribution in [0.1, 0.15) is 58.3 Å². The average Bonchev–Trinajstić information content (AvgIpc) is 2.86. The number of aromatic hydroxyl groups is 3. The maximum Gasteiger partial charge on any atom is 0.338 e. The summed E-state index contributed by atoms with van der Waals surface area (Å²) in [6.07, 6.45) is -9.92. The zero-order chi connectivity index (χ0) is 30.5. The quantitative estimate of drug-likeness (QED) is 0.132. The zero-order valence-corrected chi connectivity index (χ0v) is 23.2. The molecule has 3 rings (SSSR count). The monoisotopic (exact) mass is 570 g/mol. The SMILES string of the molecule is CC(C)CC1(O)C(=O)C(C)(C)C(O[C@H]2O[C@H](COC(=O)c3cc(O)c(O)c(O)c3)[C@@H](O)[C@H](O)[C@H]2O)C(C)(C)C1=O. The van der Waals surface area contributed by atoms with Crippen molar-refractivity contribution in [3.8, 4) is 17.2 Å². The lowest BCUT2D eigenvalue weighted by Gasteiger charge is -2.53. The Hall–Kier alpha value is -2.81. The molecule has 1 saturated heterocycles. The number of aliphatic hydroxyl groups is 4. The third kappa shape index (κ3) is 5.41. The van der Waals surface area contributed by atoms with Crippen molar-refractivity contribution in [3.05, 3.63) is 17.7 Å². The Morgan fingerprint density at radius 2 is 1.43 bits per heavy atom. The van der Waals surface area contributed by atoms with E-state index in [1.807, 2.05) is 0 Å². The van der Waals surface area contributed by atoms with E-state index in [9.17, 15) is 50.1 Å². The summed E-state index contributed by atoms with van der Waals surface area (Å²) >= 11 is 0. The van der Waals surface area contributed by atoms with Crippen LogP contribution in [0.2, 0.25) is 0 Å². The molecule has 2 aliphatic rings. The van der Waals surface area contributed by atoms with Crippen LogP contribution in [0.5, 0.6) is 17.2 Å². The summed E-state index contributed by atoms with van der Waals surface area (Å²) in [5.74, 6) is -5.20. The number of benzene rings is 1. The molecule has 1 saturated carbocycles. The Balaban J connectivity index is 1.82. The minimum Gasteiger partial charge on any atom is -0.504 e. The summed E-state index contributed by atoms with van der Waals surface area (Å²) in [7, 11) is 0. The number of ether oxygens (including phenoxy) is 3. The van der Waals surface area contributed by atoms with Crippen molar-refractivity contribution >= 4 is 17.5 Å². The Labute approximate surface area is 230 Å². The van der Waals surface area contributed by atoms with Gasteiger partial charge in [-0.3, -0.25) is 9.59 Å². The summed E-state index contributed by atoms with van der Waals surface area (Å²) in [5, 5.41) is 71.4. The van der Waals surface area contributed by atoms with Crippen molar-refractivity contribution in [3.63, 3.8) is 0 Å². The van der Waals surface area contributed by atoms with E-state index < -0.39 is 94.6 Å². The maximum atomic E-state index is 13.4. The van der Waals surface area contributed by atoms with Crippen molar-refractivity contribution in [1.82, 2.24) is 0 Å². The molecule has 1 aliphatic heterocycles. The van der Waals surface area contributed by atoms with Crippen molar-refractivity contribution in [1.29, 1.82) is 0 Å². The van der Waals surface area contributed by atoms with E-state index >= 15 is 0 Å². The van der Waals surface area contributed by atoms with Gasteiger partial charge < -0.3 is 50.0 Å². The van der Waals surface area contributed by atoms with E-state index in [-0.39, 0.29) is 17.9 Å². The van der Waals surface area contributed by atoms with Crippen LogP contribution in [0, 0.1) is 16.7 Å². The van der Waals surface area contributed by atoms with Crippen LogP contribution >= 0.6 is 0 Å². The maximum absolute atomic E-state index is 13.4. The molecule has 224 valence electrons. The molecule has 13 heteroatoms. The molecule has 0 bridgehead atoms. The smallest absolute Gasteiger partial charge is 0.338 e. The number of hydrogen-bond acceptors (Lipinski definition) is 13. The van der Waals surface area contributed by atoms with Crippen LogP contribution in [-0.2, 0) is 23.8 Å². The summed E-state index contributed by atoms with van der Waals surface area (Å²) in [4.78, 5) is 39.3. The minimum absolute atomic E-state index is 0.0955. The molecule has 0 radical (unpaired) electrons. The van der Waals surface area contributed by atoms with Gasteiger partial charge >= 0.3 is 5.97 Å². The van der Waals surface area contributed by atoms with Gasteiger partial charge in [0, 0.05) is 0 Å². The molecule has 40 heavy (non-hydrogen) atoms. The number of carbonyl (C=O) groups excluding carboxylic acids is 3. The van der Waals surface area contributed by atoms with Gasteiger partial charge in [0.15, 0.2) is 40.7 Å². The summed E-state index contributed by atoms with van der Waals surface area (Å²) in [6, 6.07) is 1.67. The largest absolute Gasteiger partial charge is 0.504 e. The van der Waals surface area contributed by atoms with Crippen LogP contribution < -0.4 is 0 Å². The fraction of sp³-hybridized carbons (Fsp3) is 0.667. The van der Waals surface area contributed by atoms with Gasteiger partial charge in [0.2, 0.25) is 0 Å². The van der Waals surface area contributed by atoms with Crippen molar-refractivity contribution in [2.75, 3.05) is 6.61 Å². The third-order valence-corrected chi connectivity index (χ3v) is 7.56. The lowest BCUT2D eigenvalue weighted by atomic mass is 9.54. The molecule has 0 unspecified atom stereocenters. The van der Waals surface area contributed by atoms with Gasteiger partial charge in [0.1, 0.15) is 31.0 Å². The van der Waals surface area contributed by atoms with E-state index in [0.29, 0.717) is 0 Å². The first-order valence-corrected chi connectivity index (χ1v) is 12.9. The van der Waals surface area contributed by atoms with Gasteiger partial charge in [-0.05, 0) is 24.5 Å². The van der Waals surface area contributed by atoms with Crippen LogP contribution in [0.25, 0.3) is 0 Å². The standard InChI is InChI=1S/C27H38O13/c1-11(2)9-27(37)22(35)25(3,4)24(26(5,6)23(27)36)40-21-19(33)18(32)17(31)15(39-21)10-38-20(34)12-7-13(28)16(30)14(29)8-12/h7-8,11,15,17-19,21,24,28-33,37H,9-10H2,1-6H3/t15-,17-,18+,19-,21-,24?,27?/m1/s1. The van der Waals surface area contributed by atoms with E-state index in [1.165, 1.54) is 27.7 Å². The average molecular weight is 571 g/mol. The topological polar surface area (TPSA) is 221 Å². The van der Waals surface area contributed by atoms with Gasteiger partial charge in [0.25, 0.3) is 0 Å². The van der Waals surface area contributed by atoms with Gasteiger partial charge in [-0.25, -0.2) is 4.79 Å². The number of ketones is 2. The molecule has 7 N–H and O–H groups in total. The van der Waals surface area contributed by atoms with Gasteiger partial charge in [-0.15, -0.1) is 0 Å². The second kappa shape index (κ2) is 10.9. The van der Waals surface area contributed by atoms with Crippen LogP contribution in [0.3, 0.4) is 0 Å². The number of rotatable bonds is 7. The predicted molar refractivity (Wildman–Crippen MR) is 135 cm³/mol. The molecule has 1 aromatic carbocycles. The summed E-state index contributed by atoms with van der Waals surface area (Å²) in [5.41, 5.74) is -5.52. The number of hydrogen-bond donors (Lipinski definition) is 7. The molecule has 0 aromatic heterocycles. The molecule has 13 nitrogen and oxygen atoms in total. The predicted octanol–water partition coefficient (Wildman–Crippen LogP) is 0.134. The Bertz CT molecular complexity index is 1110. The number of aliphatic hydroxyl groups excluding tert-OH is 3. The molecule has 5 atom stereocenters. The van der Waals surface area contributed by atoms with E-state index in [2.05, 4.69) is 0 Å². The highest BCUT2D eigenvalue weighted by Gasteiger charge is 2.66. The fourth-order valence-corrected chi connectivity index (χ4v) is 5.69. The molecule has 1 aliphatic carbocycles. The van der Waals surface area contributed by atoms with Crippen LogP contribution in [-0.4, -0.2) is 102 Å². The Morgan fingerprint density at radius 1 is 0.925 bits per heavy atom. The number of phenolic OH excluding ortho intramolecular Hbond substituents is 3. The van der Waals surface area contributed by atoms with Crippen LogP contribution in [0.4, 0.5) is 0 Å². The molecule has 1 aromatic rings. The second-order valence-corrected chi connectivity index (χ2v) is 12.1. The number of carbonyl (C=O) groups is 3. The molecular formula is C27H38O13. The van der Waals surface area contributed by atoms with Crippen molar-refractivity contribution < 1.29 is 64.3 Å². The number of esters is 1. The molecule has 0 amide bonds. The lowest BCUT2D eigenvalue weighted by molar-refractivity contribution is -0.327. The normalized spacial score (nSPS) is 33.7. The van der Waals surface area contributed by atoms with Gasteiger partial charge in [-0.1, -0.05) is 41.5 Å². The molecular weight excluding hydrogens is 532 g/mol. The summed E-state index contributed by atoms with van der Waals surface area (Å²) < 4.78 is 16.7. The number of phenols is 3. The van der Waals surface area contributed by atoms with E-state index in [0.717, 1.165) is 12.1 Å². The Kier molecular flexibility index (Phi) is 8.62. The number of Topliss-reactive ketones (excluding diaryl/α,β-unsaturated/α-hetero) is 2. The van der Waals surface area contributed by atoms with Gasteiger partial charge in [0.05, 0.1) is 22.5 Å². The fourth-order valence-electron chi connectivity index (χ4n) is 5.69. The third-order valence-electron chi connectivity index (χ3n) is 7.56. The highest BCUT2D eigenvalue weighted by Crippen LogP contribution is 2.50. The second-order valence-electron chi connectivity index (χ2n) is 12.1. The first-order valence-electron chi connectivity index (χ1n) is 12.9. The zero-order valence-electron chi connectivity index (χ0n) is 23.2. The van der Waals surface area contributed by atoms with Crippen LogP contribution in [0.15, 0.2) is 12.1 Å². The highest BCUT2D eigenvalue weighted by atomic mass is 16.7. The first kappa shape index (κ1) is 31.7. The minimum atomic E-state index is -2.25. The van der Waals surface area contributed by atoms with E-state index in [4.69, 9.17) is 14.2 Å². The molecule has 2 fully saturated rings. The first-order chi connectivity index (χ1) is 18.3. The van der Waals surface area contributed by atoms with E-state index in [1.54, 1.807) is 13.8 Å². The van der Waals surface area contributed by atoms with Crippen molar-refractivity contribution in [2.24, 2.45) is 16.7 Å². The Morgan fingerprint density at radius 3 is 1.90 bits per heavy atom. The highest BCUT2D eigenvalue weighted by molar-refractivity contribution is 6.16.